The van der Waals surface area contributed by atoms with Crippen molar-refractivity contribution in [3.63, 3.8) is 0 Å². The number of fused-ring (bicyclic) bond motifs is 1. The first-order chi connectivity index (χ1) is 16.4. The molecule has 0 unspecified atom stereocenters. The van der Waals surface area contributed by atoms with Crippen LogP contribution in [0.15, 0.2) is 70.6 Å². The van der Waals surface area contributed by atoms with Gasteiger partial charge in [-0.25, -0.2) is 13.8 Å². The molecular formula is C24H19F2N3O4S. The predicted molar refractivity (Wildman–Crippen MR) is 126 cm³/mol. The molecular weight excluding hydrogens is 464 g/mol. The van der Waals surface area contributed by atoms with Gasteiger partial charge in [0.1, 0.15) is 0 Å². The number of hydrogen-bond donors (Lipinski definition) is 1. The lowest BCUT2D eigenvalue weighted by atomic mass is 10.2. The molecule has 0 atom stereocenters. The number of nitrogens with one attached hydrogen (secondary N) is 1. The number of anilines is 1. The molecule has 0 saturated heterocycles. The van der Waals surface area contributed by atoms with Crippen LogP contribution < -0.4 is 20.3 Å². The molecule has 0 radical (unpaired) electrons. The lowest BCUT2D eigenvalue weighted by Gasteiger charge is -2.15. The smallest absolute Gasteiger partial charge is 0.266 e. The van der Waals surface area contributed by atoms with Gasteiger partial charge in [-0.05, 0) is 36.4 Å². The zero-order chi connectivity index (χ0) is 24.2. The largest absolute Gasteiger partial charge is 0.493 e. The first-order valence-corrected chi connectivity index (χ1v) is 11.0. The maximum absolute atomic E-state index is 13.4. The van der Waals surface area contributed by atoms with Crippen LogP contribution >= 0.6 is 11.8 Å². The summed E-state index contributed by atoms with van der Waals surface area (Å²) in [6.45, 7) is 0. The van der Waals surface area contributed by atoms with E-state index in [4.69, 9.17) is 9.47 Å². The molecule has 34 heavy (non-hydrogen) atoms. The van der Waals surface area contributed by atoms with Gasteiger partial charge in [0.25, 0.3) is 5.56 Å². The Bertz CT molecular complexity index is 1440. The molecule has 7 nitrogen and oxygen atoms in total. The maximum atomic E-state index is 13.4. The number of ether oxygens (including phenoxy) is 2. The van der Waals surface area contributed by atoms with Gasteiger partial charge in [0.15, 0.2) is 28.3 Å². The molecule has 1 heterocycles. The van der Waals surface area contributed by atoms with E-state index in [9.17, 15) is 18.4 Å². The molecule has 0 aliphatic heterocycles. The van der Waals surface area contributed by atoms with Crippen LogP contribution in [0.1, 0.15) is 0 Å². The van der Waals surface area contributed by atoms with Crippen molar-refractivity contribution in [2.45, 2.75) is 5.16 Å². The van der Waals surface area contributed by atoms with Crippen molar-refractivity contribution in [3.05, 3.63) is 82.7 Å². The van der Waals surface area contributed by atoms with E-state index in [1.807, 2.05) is 0 Å². The van der Waals surface area contributed by atoms with Crippen LogP contribution in [0.25, 0.3) is 16.6 Å². The minimum Gasteiger partial charge on any atom is -0.493 e. The lowest BCUT2D eigenvalue weighted by molar-refractivity contribution is -0.113. The third kappa shape index (κ3) is 4.72. The van der Waals surface area contributed by atoms with Gasteiger partial charge in [-0.2, -0.15) is 0 Å². The quantitative estimate of drug-likeness (QED) is 0.310. The Hall–Kier alpha value is -3.92. The molecule has 0 fully saturated rings. The Balaban J connectivity index is 1.69. The van der Waals surface area contributed by atoms with Crippen molar-refractivity contribution in [3.8, 4) is 17.2 Å². The number of nitrogens with zero attached hydrogens (tertiary/aromatic N) is 2. The van der Waals surface area contributed by atoms with Crippen molar-refractivity contribution < 1.29 is 23.0 Å². The minimum absolute atomic E-state index is 0.119. The third-order valence-electron chi connectivity index (χ3n) is 4.91. The number of benzene rings is 3. The van der Waals surface area contributed by atoms with Gasteiger partial charge < -0.3 is 14.8 Å². The molecule has 0 spiro atoms. The standard InChI is InChI=1S/C24H19F2N3O4S/c1-32-20-10-8-15(12-21(20)33-2)29-23(31)16-5-3-4-6-19(16)28-24(29)34-13-22(30)27-14-7-9-17(25)18(26)11-14/h3-12H,13H2,1-2H3,(H,27,30). The van der Waals surface area contributed by atoms with Gasteiger partial charge >= 0.3 is 0 Å². The topological polar surface area (TPSA) is 82.5 Å². The maximum Gasteiger partial charge on any atom is 0.266 e. The average Bonchev–Trinajstić information content (AvgIpc) is 2.84. The van der Waals surface area contributed by atoms with Crippen molar-refractivity contribution in [1.29, 1.82) is 0 Å². The highest BCUT2D eigenvalue weighted by Crippen LogP contribution is 2.30. The number of rotatable bonds is 7. The molecule has 3 aromatic carbocycles. The van der Waals surface area contributed by atoms with Crippen LogP contribution in [-0.4, -0.2) is 35.4 Å². The average molecular weight is 483 g/mol. The fourth-order valence-electron chi connectivity index (χ4n) is 3.30. The molecule has 0 aliphatic carbocycles. The van der Waals surface area contributed by atoms with Crippen molar-refractivity contribution in [1.82, 2.24) is 9.55 Å². The fraction of sp³-hybridized carbons (Fsp3) is 0.125. The summed E-state index contributed by atoms with van der Waals surface area (Å²) in [5.74, 6) is -1.76. The molecule has 1 amide bonds. The van der Waals surface area contributed by atoms with Crippen LogP contribution in [-0.2, 0) is 4.79 Å². The highest BCUT2D eigenvalue weighted by molar-refractivity contribution is 7.99. The van der Waals surface area contributed by atoms with E-state index >= 15 is 0 Å². The van der Waals surface area contributed by atoms with Crippen molar-refractivity contribution >= 4 is 34.3 Å². The Morgan fingerprint density at radius 1 is 1.00 bits per heavy atom. The number of methoxy groups -OCH3 is 2. The molecule has 0 saturated carbocycles. The van der Waals surface area contributed by atoms with E-state index in [1.165, 1.54) is 24.9 Å². The summed E-state index contributed by atoms with van der Waals surface area (Å²) in [4.78, 5) is 30.4. The Kier molecular flexibility index (Phi) is 6.78. The van der Waals surface area contributed by atoms with Crippen LogP contribution in [0.4, 0.5) is 14.5 Å². The summed E-state index contributed by atoms with van der Waals surface area (Å²) >= 11 is 1.03. The number of carbonyl (C=O) groups excluding carboxylic acids is 1. The first kappa shape index (κ1) is 23.2. The normalized spacial score (nSPS) is 10.8. The lowest BCUT2D eigenvalue weighted by Crippen LogP contribution is -2.23. The van der Waals surface area contributed by atoms with E-state index in [0.717, 1.165) is 23.9 Å². The Morgan fingerprint density at radius 2 is 1.76 bits per heavy atom. The molecule has 4 aromatic rings. The second-order valence-corrected chi connectivity index (χ2v) is 8.00. The van der Waals surface area contributed by atoms with Crippen LogP contribution in [0.2, 0.25) is 0 Å². The summed E-state index contributed by atoms with van der Waals surface area (Å²) in [6, 6.07) is 15.0. The second kappa shape index (κ2) is 9.92. The number of thioether (sulfide) groups is 1. The predicted octanol–water partition coefficient (Wildman–Crippen LogP) is 4.41. The molecule has 1 aromatic heterocycles. The second-order valence-electron chi connectivity index (χ2n) is 7.06. The number of halogens is 2. The van der Waals surface area contributed by atoms with Crippen LogP contribution in [0.5, 0.6) is 11.5 Å². The SMILES string of the molecule is COc1ccc(-n2c(SCC(=O)Nc3ccc(F)c(F)c3)nc3ccccc3c2=O)cc1OC. The van der Waals surface area contributed by atoms with E-state index in [2.05, 4.69) is 10.3 Å². The number of para-hydroxylation sites is 1. The Morgan fingerprint density at radius 3 is 2.50 bits per heavy atom. The van der Waals surface area contributed by atoms with Crippen LogP contribution in [0, 0.1) is 11.6 Å². The van der Waals surface area contributed by atoms with Gasteiger partial charge in [-0.15, -0.1) is 0 Å². The molecule has 4 rings (SSSR count). The van der Waals surface area contributed by atoms with Crippen molar-refractivity contribution in [2.75, 3.05) is 25.3 Å². The van der Waals surface area contributed by atoms with E-state index in [1.54, 1.807) is 42.5 Å². The summed E-state index contributed by atoms with van der Waals surface area (Å²) < 4.78 is 38.6. The molecule has 0 bridgehead atoms. The monoisotopic (exact) mass is 483 g/mol. The number of carbonyl (C=O) groups is 1. The van der Waals surface area contributed by atoms with Crippen molar-refractivity contribution in [2.24, 2.45) is 0 Å². The fourth-order valence-corrected chi connectivity index (χ4v) is 4.11. The first-order valence-electron chi connectivity index (χ1n) is 10.0. The van der Waals surface area contributed by atoms with E-state index < -0.39 is 17.5 Å². The van der Waals surface area contributed by atoms with Gasteiger partial charge in [-0.3, -0.25) is 14.2 Å². The zero-order valence-corrected chi connectivity index (χ0v) is 19.0. The molecule has 1 N–H and O–H groups in total. The highest BCUT2D eigenvalue weighted by Gasteiger charge is 2.17. The highest BCUT2D eigenvalue weighted by atomic mass is 32.2. The summed E-state index contributed by atoms with van der Waals surface area (Å²) in [5, 5.41) is 3.19. The van der Waals surface area contributed by atoms with Gasteiger partial charge in [-0.1, -0.05) is 23.9 Å². The number of aromatic nitrogens is 2. The minimum atomic E-state index is -1.07. The summed E-state index contributed by atoms with van der Waals surface area (Å²) in [5.41, 5.74) is 0.756. The zero-order valence-electron chi connectivity index (χ0n) is 18.2. The number of hydrogen-bond acceptors (Lipinski definition) is 6. The number of amides is 1. The molecule has 174 valence electrons. The molecule has 10 heteroatoms. The van der Waals surface area contributed by atoms with Gasteiger partial charge in [0.05, 0.1) is 36.6 Å². The Labute approximate surface area is 197 Å². The summed E-state index contributed by atoms with van der Waals surface area (Å²) in [6.07, 6.45) is 0. The van der Waals surface area contributed by atoms with Gasteiger partial charge in [0, 0.05) is 17.8 Å². The van der Waals surface area contributed by atoms with E-state index in [0.29, 0.717) is 28.1 Å². The third-order valence-corrected chi connectivity index (χ3v) is 5.84. The molecule has 0 aliphatic rings. The van der Waals surface area contributed by atoms with E-state index in [-0.39, 0.29) is 22.2 Å². The van der Waals surface area contributed by atoms with Gasteiger partial charge in [0.2, 0.25) is 5.91 Å². The summed E-state index contributed by atoms with van der Waals surface area (Å²) in [7, 11) is 3.00. The van der Waals surface area contributed by atoms with Crippen LogP contribution in [0.3, 0.4) is 0 Å².